The van der Waals surface area contributed by atoms with E-state index in [9.17, 15) is 13.2 Å². The molecule has 0 bridgehead atoms. The van der Waals surface area contributed by atoms with Gasteiger partial charge in [-0.2, -0.15) is 8.42 Å². The third kappa shape index (κ3) is 3.66. The Morgan fingerprint density at radius 3 is 2.27 bits per heavy atom. The third-order valence-corrected chi connectivity index (χ3v) is 4.62. The molecule has 0 spiro atoms. The van der Waals surface area contributed by atoms with Gasteiger partial charge in [0.15, 0.2) is 5.78 Å². The summed E-state index contributed by atoms with van der Waals surface area (Å²) in [4.78, 5) is 11.1. The minimum absolute atomic E-state index is 0.0833. The highest BCUT2D eigenvalue weighted by atomic mass is 79.9. The maximum atomic E-state index is 12.4. The average Bonchev–Trinajstić information content (AvgIpc) is 2.47. The lowest BCUT2D eigenvalue weighted by atomic mass is 10.1. The first-order chi connectivity index (χ1) is 10.3. The molecule has 0 aliphatic rings. The van der Waals surface area contributed by atoms with Crippen LogP contribution in [0.1, 0.15) is 17.3 Å². The fourth-order valence-corrected chi connectivity index (χ4v) is 3.40. The van der Waals surface area contributed by atoms with E-state index >= 15 is 0 Å². The molecule has 5 nitrogen and oxygen atoms in total. The fourth-order valence-electron chi connectivity index (χ4n) is 1.76. The fraction of sp³-hybridized carbons (Fsp3) is 0.133. The van der Waals surface area contributed by atoms with Crippen molar-refractivity contribution in [2.45, 2.75) is 11.8 Å². The van der Waals surface area contributed by atoms with E-state index in [0.29, 0.717) is 10.0 Å². The standard InChI is InChI=1S/C15H13BrO5S/c1-10(17)11-3-6-13(7-4-11)21-22(18,19)15-9-12(16)5-8-14(15)20-2/h3-9H,1-2H3. The van der Waals surface area contributed by atoms with Gasteiger partial charge in [0.2, 0.25) is 0 Å². The van der Waals surface area contributed by atoms with Crippen molar-refractivity contribution in [3.05, 3.63) is 52.5 Å². The number of benzene rings is 2. The zero-order chi connectivity index (χ0) is 16.3. The van der Waals surface area contributed by atoms with Crippen molar-refractivity contribution < 1.29 is 22.1 Å². The van der Waals surface area contributed by atoms with Gasteiger partial charge in [0.25, 0.3) is 0 Å². The van der Waals surface area contributed by atoms with Crippen molar-refractivity contribution >= 4 is 31.8 Å². The zero-order valence-corrected chi connectivity index (χ0v) is 14.3. The van der Waals surface area contributed by atoms with Crippen LogP contribution >= 0.6 is 15.9 Å². The van der Waals surface area contributed by atoms with E-state index in [2.05, 4.69) is 15.9 Å². The molecule has 2 rings (SSSR count). The molecule has 0 saturated carbocycles. The summed E-state index contributed by atoms with van der Waals surface area (Å²) in [5.41, 5.74) is 0.477. The van der Waals surface area contributed by atoms with Gasteiger partial charge in [-0.05, 0) is 49.4 Å². The van der Waals surface area contributed by atoms with E-state index in [-0.39, 0.29) is 22.2 Å². The molecule has 116 valence electrons. The Morgan fingerprint density at radius 1 is 1.09 bits per heavy atom. The van der Waals surface area contributed by atoms with Crippen LogP contribution < -0.4 is 8.92 Å². The van der Waals surface area contributed by atoms with E-state index < -0.39 is 10.1 Å². The van der Waals surface area contributed by atoms with Crippen molar-refractivity contribution in [2.75, 3.05) is 7.11 Å². The number of methoxy groups -OCH3 is 1. The zero-order valence-electron chi connectivity index (χ0n) is 11.9. The van der Waals surface area contributed by atoms with E-state index in [4.69, 9.17) is 8.92 Å². The maximum absolute atomic E-state index is 12.4. The number of rotatable bonds is 5. The summed E-state index contributed by atoms with van der Waals surface area (Å²) in [6.45, 7) is 1.43. The van der Waals surface area contributed by atoms with Crippen molar-refractivity contribution in [3.8, 4) is 11.5 Å². The number of Topliss-reactive ketones (excluding diaryl/α,β-unsaturated/α-hetero) is 1. The lowest BCUT2D eigenvalue weighted by Gasteiger charge is -2.11. The molecule has 0 N–H and O–H groups in total. The Kier molecular flexibility index (Phi) is 4.87. The maximum Gasteiger partial charge on any atom is 0.342 e. The second-order valence-corrected chi connectivity index (χ2v) is 6.84. The molecule has 0 unspecified atom stereocenters. The lowest BCUT2D eigenvalue weighted by molar-refractivity contribution is 0.101. The van der Waals surface area contributed by atoms with Gasteiger partial charge in [-0.15, -0.1) is 0 Å². The van der Waals surface area contributed by atoms with Crippen LogP contribution in [0.4, 0.5) is 0 Å². The Bertz CT molecular complexity index is 797. The first kappa shape index (κ1) is 16.5. The molecule has 0 heterocycles. The van der Waals surface area contributed by atoms with Crippen molar-refractivity contribution in [1.29, 1.82) is 0 Å². The van der Waals surface area contributed by atoms with Crippen molar-refractivity contribution in [3.63, 3.8) is 0 Å². The summed E-state index contributed by atoms with van der Waals surface area (Å²) >= 11 is 3.22. The molecule has 7 heteroatoms. The van der Waals surface area contributed by atoms with Gasteiger partial charge in [-0.1, -0.05) is 15.9 Å². The van der Waals surface area contributed by atoms with Crippen LogP contribution in [-0.2, 0) is 10.1 Å². The van der Waals surface area contributed by atoms with Crippen LogP contribution in [0.3, 0.4) is 0 Å². The minimum Gasteiger partial charge on any atom is -0.495 e. The van der Waals surface area contributed by atoms with Crippen LogP contribution in [0.15, 0.2) is 51.8 Å². The highest BCUT2D eigenvalue weighted by Crippen LogP contribution is 2.29. The highest BCUT2D eigenvalue weighted by molar-refractivity contribution is 9.10. The SMILES string of the molecule is COc1ccc(Br)cc1S(=O)(=O)Oc1ccc(C(C)=O)cc1. The number of carbonyl (C=O) groups excluding carboxylic acids is 1. The van der Waals surface area contributed by atoms with Gasteiger partial charge in [-0.3, -0.25) is 4.79 Å². The molecule has 0 amide bonds. The highest BCUT2D eigenvalue weighted by Gasteiger charge is 2.22. The quantitative estimate of drug-likeness (QED) is 0.583. The van der Waals surface area contributed by atoms with Gasteiger partial charge in [0, 0.05) is 10.0 Å². The Hall–Kier alpha value is -1.86. The monoisotopic (exact) mass is 384 g/mol. The molecule has 0 saturated heterocycles. The molecule has 0 aliphatic heterocycles. The molecule has 0 fully saturated rings. The molecule has 0 atom stereocenters. The first-order valence-electron chi connectivity index (χ1n) is 6.22. The number of carbonyl (C=O) groups is 1. The van der Waals surface area contributed by atoms with E-state index in [1.54, 1.807) is 6.07 Å². The molecule has 2 aromatic carbocycles. The summed E-state index contributed by atoms with van der Waals surface area (Å²) in [5.74, 6) is 0.193. The third-order valence-electron chi connectivity index (χ3n) is 2.86. The van der Waals surface area contributed by atoms with Crippen LogP contribution in [-0.4, -0.2) is 21.3 Å². The summed E-state index contributed by atoms with van der Waals surface area (Å²) in [5, 5.41) is 0. The average molecular weight is 385 g/mol. The van der Waals surface area contributed by atoms with E-state index in [0.717, 1.165) is 0 Å². The van der Waals surface area contributed by atoms with Gasteiger partial charge in [-0.25, -0.2) is 0 Å². The molecule has 22 heavy (non-hydrogen) atoms. The molecule has 0 radical (unpaired) electrons. The molecular formula is C15H13BrO5S. The Balaban J connectivity index is 2.35. The number of hydrogen-bond acceptors (Lipinski definition) is 5. The lowest BCUT2D eigenvalue weighted by Crippen LogP contribution is -2.11. The van der Waals surface area contributed by atoms with Crippen LogP contribution in [0.25, 0.3) is 0 Å². The summed E-state index contributed by atoms with van der Waals surface area (Å²) in [7, 11) is -2.67. The number of ether oxygens (including phenoxy) is 1. The second-order valence-electron chi connectivity index (χ2n) is 4.41. The predicted octanol–water partition coefficient (Wildman–Crippen LogP) is 3.43. The Labute approximate surface area is 137 Å². The van der Waals surface area contributed by atoms with Crippen molar-refractivity contribution in [1.82, 2.24) is 0 Å². The smallest absolute Gasteiger partial charge is 0.342 e. The topological polar surface area (TPSA) is 69.7 Å². The number of halogens is 1. The van der Waals surface area contributed by atoms with Gasteiger partial charge in [0.1, 0.15) is 16.4 Å². The number of hydrogen-bond donors (Lipinski definition) is 0. The van der Waals surface area contributed by atoms with E-state index in [1.807, 2.05) is 0 Å². The van der Waals surface area contributed by atoms with Crippen LogP contribution in [0.2, 0.25) is 0 Å². The molecule has 0 aromatic heterocycles. The first-order valence-corrected chi connectivity index (χ1v) is 8.42. The van der Waals surface area contributed by atoms with Gasteiger partial charge in [0.05, 0.1) is 7.11 Å². The minimum atomic E-state index is -4.05. The van der Waals surface area contributed by atoms with E-state index in [1.165, 1.54) is 50.4 Å². The Morgan fingerprint density at radius 2 is 1.73 bits per heavy atom. The van der Waals surface area contributed by atoms with Gasteiger partial charge < -0.3 is 8.92 Å². The van der Waals surface area contributed by atoms with Crippen LogP contribution in [0, 0.1) is 0 Å². The molecular weight excluding hydrogens is 372 g/mol. The molecule has 0 aliphatic carbocycles. The summed E-state index contributed by atoms with van der Waals surface area (Å²) in [6.07, 6.45) is 0. The normalized spacial score (nSPS) is 11.0. The van der Waals surface area contributed by atoms with Gasteiger partial charge >= 0.3 is 10.1 Å². The summed E-state index contributed by atoms with van der Waals surface area (Å²) < 4.78 is 35.4. The largest absolute Gasteiger partial charge is 0.495 e. The van der Waals surface area contributed by atoms with Crippen molar-refractivity contribution in [2.24, 2.45) is 0 Å². The number of ketones is 1. The second kappa shape index (κ2) is 6.50. The predicted molar refractivity (Wildman–Crippen MR) is 85.0 cm³/mol. The molecule has 2 aromatic rings. The summed E-state index contributed by atoms with van der Waals surface area (Å²) in [6, 6.07) is 10.5. The van der Waals surface area contributed by atoms with Crippen LogP contribution in [0.5, 0.6) is 11.5 Å².